The maximum absolute atomic E-state index is 12.7. The maximum atomic E-state index is 12.7. The fraction of sp³-hybridized carbons (Fsp3) is 0.529. The first-order chi connectivity index (χ1) is 11.3. The quantitative estimate of drug-likeness (QED) is 0.843. The molecule has 1 N–H and O–H groups in total. The third kappa shape index (κ3) is 4.80. The van der Waals surface area contributed by atoms with Crippen LogP contribution < -0.4 is 0 Å². The third-order valence-electron chi connectivity index (χ3n) is 4.35. The van der Waals surface area contributed by atoms with Crippen LogP contribution in [-0.4, -0.2) is 49.1 Å². The second-order valence-electron chi connectivity index (χ2n) is 6.23. The van der Waals surface area contributed by atoms with E-state index >= 15 is 0 Å². The van der Waals surface area contributed by atoms with Crippen molar-refractivity contribution < 1.29 is 23.1 Å². The summed E-state index contributed by atoms with van der Waals surface area (Å²) in [5.41, 5.74) is 0.493. The van der Waals surface area contributed by atoms with Gasteiger partial charge in [0, 0.05) is 25.3 Å². The standard InChI is InChI=1S/C17H23NO5S/c1-24(22,23)15-8-3-2-6-13(15)12-16(19)18-11-5-4-7-14(18)9-10-17(20)21/h2-3,6,8,14H,4-5,7,9-12H2,1H3,(H,20,21). The molecule has 1 aliphatic rings. The molecule has 1 amide bonds. The van der Waals surface area contributed by atoms with Gasteiger partial charge < -0.3 is 10.0 Å². The molecule has 0 aliphatic carbocycles. The highest BCUT2D eigenvalue weighted by atomic mass is 32.2. The topological polar surface area (TPSA) is 91.8 Å². The molecule has 2 rings (SSSR count). The lowest BCUT2D eigenvalue weighted by Gasteiger charge is -2.36. The first-order valence-electron chi connectivity index (χ1n) is 8.08. The molecule has 0 radical (unpaired) electrons. The van der Waals surface area contributed by atoms with Gasteiger partial charge in [-0.3, -0.25) is 9.59 Å². The molecule has 1 saturated heterocycles. The molecule has 0 spiro atoms. The second-order valence-corrected chi connectivity index (χ2v) is 8.21. The van der Waals surface area contributed by atoms with Crippen molar-refractivity contribution in [3.8, 4) is 0 Å². The van der Waals surface area contributed by atoms with Gasteiger partial charge in [0.1, 0.15) is 0 Å². The zero-order valence-electron chi connectivity index (χ0n) is 13.8. The van der Waals surface area contributed by atoms with Crippen molar-refractivity contribution in [3.63, 3.8) is 0 Å². The fourth-order valence-corrected chi connectivity index (χ4v) is 4.14. The van der Waals surface area contributed by atoms with Crippen LogP contribution in [-0.2, 0) is 25.8 Å². The van der Waals surface area contributed by atoms with Gasteiger partial charge in [0.15, 0.2) is 9.84 Å². The van der Waals surface area contributed by atoms with Crippen LogP contribution in [0.25, 0.3) is 0 Å². The van der Waals surface area contributed by atoms with E-state index in [0.717, 1.165) is 25.5 Å². The molecular weight excluding hydrogens is 330 g/mol. The number of carboxylic acids is 1. The average Bonchev–Trinajstić information content (AvgIpc) is 2.52. The van der Waals surface area contributed by atoms with Gasteiger partial charge in [0.2, 0.25) is 5.91 Å². The van der Waals surface area contributed by atoms with E-state index in [2.05, 4.69) is 0 Å². The molecule has 6 nitrogen and oxygen atoms in total. The normalized spacial score (nSPS) is 18.4. The van der Waals surface area contributed by atoms with Crippen LogP contribution in [0.1, 0.15) is 37.7 Å². The fourth-order valence-electron chi connectivity index (χ4n) is 3.20. The van der Waals surface area contributed by atoms with Gasteiger partial charge in [-0.2, -0.15) is 0 Å². The van der Waals surface area contributed by atoms with E-state index < -0.39 is 15.8 Å². The lowest BCUT2D eigenvalue weighted by molar-refractivity contribution is -0.139. The van der Waals surface area contributed by atoms with Crippen molar-refractivity contribution in [2.24, 2.45) is 0 Å². The number of carbonyl (C=O) groups is 2. The number of carboxylic acid groups (broad SMARTS) is 1. The first kappa shape index (κ1) is 18.4. The number of amides is 1. The molecule has 0 saturated carbocycles. The Kier molecular flexibility index (Phi) is 5.99. The number of aliphatic carboxylic acids is 1. The molecule has 7 heteroatoms. The Bertz CT molecular complexity index is 713. The van der Waals surface area contributed by atoms with E-state index in [1.54, 1.807) is 23.1 Å². The van der Waals surface area contributed by atoms with Crippen molar-refractivity contribution >= 4 is 21.7 Å². The van der Waals surface area contributed by atoms with E-state index in [9.17, 15) is 18.0 Å². The molecule has 1 fully saturated rings. The Balaban J connectivity index is 2.14. The lowest BCUT2D eigenvalue weighted by Crippen LogP contribution is -2.44. The molecule has 0 bridgehead atoms. The minimum absolute atomic E-state index is 0.0206. The van der Waals surface area contributed by atoms with Crippen molar-refractivity contribution in [2.75, 3.05) is 12.8 Å². The predicted molar refractivity (Wildman–Crippen MR) is 89.5 cm³/mol. The second kappa shape index (κ2) is 7.79. The summed E-state index contributed by atoms with van der Waals surface area (Å²) in [5.74, 6) is -1.00. The monoisotopic (exact) mass is 353 g/mol. The average molecular weight is 353 g/mol. The molecular formula is C17H23NO5S. The van der Waals surface area contributed by atoms with Gasteiger partial charge in [0.05, 0.1) is 11.3 Å². The van der Waals surface area contributed by atoms with Crippen LogP contribution in [0.15, 0.2) is 29.2 Å². The van der Waals surface area contributed by atoms with Gasteiger partial charge in [-0.1, -0.05) is 18.2 Å². The molecule has 1 aromatic rings. The molecule has 24 heavy (non-hydrogen) atoms. The van der Waals surface area contributed by atoms with Gasteiger partial charge >= 0.3 is 5.97 Å². The zero-order valence-corrected chi connectivity index (χ0v) is 14.6. The molecule has 132 valence electrons. The van der Waals surface area contributed by atoms with Gasteiger partial charge in [-0.25, -0.2) is 8.42 Å². The minimum atomic E-state index is -3.39. The Morgan fingerprint density at radius 3 is 2.62 bits per heavy atom. The predicted octanol–water partition coefficient (Wildman–Crippen LogP) is 1.88. The summed E-state index contributed by atoms with van der Waals surface area (Å²) in [6.07, 6.45) is 4.30. The molecule has 0 aromatic heterocycles. The summed E-state index contributed by atoms with van der Waals surface area (Å²) in [6, 6.07) is 6.45. The van der Waals surface area contributed by atoms with Crippen LogP contribution >= 0.6 is 0 Å². The Morgan fingerprint density at radius 1 is 1.25 bits per heavy atom. The van der Waals surface area contributed by atoms with Crippen molar-refractivity contribution in [1.82, 2.24) is 4.90 Å². The number of nitrogens with zero attached hydrogens (tertiary/aromatic N) is 1. The van der Waals surface area contributed by atoms with E-state index in [4.69, 9.17) is 5.11 Å². The number of sulfone groups is 1. The maximum Gasteiger partial charge on any atom is 0.303 e. The van der Waals surface area contributed by atoms with Crippen LogP contribution in [0.5, 0.6) is 0 Å². The summed E-state index contributed by atoms with van der Waals surface area (Å²) in [4.78, 5) is 25.4. The lowest BCUT2D eigenvalue weighted by atomic mass is 9.97. The number of rotatable bonds is 6. The minimum Gasteiger partial charge on any atom is -0.481 e. The van der Waals surface area contributed by atoms with Crippen molar-refractivity contribution in [1.29, 1.82) is 0 Å². The van der Waals surface area contributed by atoms with Crippen LogP contribution in [0, 0.1) is 0 Å². The van der Waals surface area contributed by atoms with E-state index in [1.165, 1.54) is 6.07 Å². The van der Waals surface area contributed by atoms with Crippen LogP contribution in [0.4, 0.5) is 0 Å². The third-order valence-corrected chi connectivity index (χ3v) is 5.55. The zero-order chi connectivity index (χ0) is 17.7. The summed E-state index contributed by atoms with van der Waals surface area (Å²) >= 11 is 0. The number of piperidine rings is 1. The van der Waals surface area contributed by atoms with E-state index in [-0.39, 0.29) is 29.7 Å². The Labute approximate surface area is 142 Å². The van der Waals surface area contributed by atoms with Crippen LogP contribution in [0.3, 0.4) is 0 Å². The number of hydrogen-bond donors (Lipinski definition) is 1. The molecule has 1 heterocycles. The van der Waals surface area contributed by atoms with Crippen molar-refractivity contribution in [2.45, 2.75) is 49.5 Å². The number of hydrogen-bond acceptors (Lipinski definition) is 4. The van der Waals surface area contributed by atoms with E-state index in [0.29, 0.717) is 18.5 Å². The molecule has 1 unspecified atom stereocenters. The summed E-state index contributed by atoms with van der Waals surface area (Å²) in [5, 5.41) is 8.86. The Hall–Kier alpha value is -1.89. The van der Waals surface area contributed by atoms with E-state index in [1.807, 2.05) is 0 Å². The summed E-state index contributed by atoms with van der Waals surface area (Å²) in [6.45, 7) is 0.601. The van der Waals surface area contributed by atoms with Crippen molar-refractivity contribution in [3.05, 3.63) is 29.8 Å². The molecule has 1 aromatic carbocycles. The SMILES string of the molecule is CS(=O)(=O)c1ccccc1CC(=O)N1CCCCC1CCC(=O)O. The number of likely N-dealkylation sites (tertiary alicyclic amines) is 1. The molecule has 1 aliphatic heterocycles. The highest BCUT2D eigenvalue weighted by molar-refractivity contribution is 7.90. The Morgan fingerprint density at radius 2 is 1.96 bits per heavy atom. The summed E-state index contributed by atoms with van der Waals surface area (Å²) in [7, 11) is -3.39. The summed E-state index contributed by atoms with van der Waals surface area (Å²) < 4.78 is 23.7. The van der Waals surface area contributed by atoms with Gasteiger partial charge in [-0.15, -0.1) is 0 Å². The highest BCUT2D eigenvalue weighted by Crippen LogP contribution is 2.23. The number of carbonyl (C=O) groups excluding carboxylic acids is 1. The van der Waals surface area contributed by atoms with Crippen LogP contribution in [0.2, 0.25) is 0 Å². The van der Waals surface area contributed by atoms with Gasteiger partial charge in [0.25, 0.3) is 0 Å². The highest BCUT2D eigenvalue weighted by Gasteiger charge is 2.28. The molecule has 1 atom stereocenters. The largest absolute Gasteiger partial charge is 0.481 e. The number of benzene rings is 1. The first-order valence-corrected chi connectivity index (χ1v) is 9.97. The smallest absolute Gasteiger partial charge is 0.303 e. The van der Waals surface area contributed by atoms with Gasteiger partial charge in [-0.05, 0) is 37.3 Å².